The summed E-state index contributed by atoms with van der Waals surface area (Å²) in [6.45, 7) is 6.75. The zero-order valence-electron chi connectivity index (χ0n) is 11.9. The topological polar surface area (TPSA) is 61.0 Å². The SMILES string of the molecule is CCCCN(CC1CCCN1)C(=O)c1cc(C)[nH]n1. The summed E-state index contributed by atoms with van der Waals surface area (Å²) < 4.78 is 0. The van der Waals surface area contributed by atoms with Crippen LogP contribution in [0.25, 0.3) is 0 Å². The molecule has 1 amide bonds. The third-order valence-corrected chi connectivity index (χ3v) is 3.60. The quantitative estimate of drug-likeness (QED) is 0.822. The van der Waals surface area contributed by atoms with E-state index in [0.29, 0.717) is 11.7 Å². The fourth-order valence-electron chi connectivity index (χ4n) is 2.49. The highest BCUT2D eigenvalue weighted by Gasteiger charge is 2.23. The lowest BCUT2D eigenvalue weighted by atomic mass is 10.2. The van der Waals surface area contributed by atoms with Gasteiger partial charge < -0.3 is 10.2 Å². The first kappa shape index (κ1) is 14.1. The van der Waals surface area contributed by atoms with Gasteiger partial charge in [0.15, 0.2) is 0 Å². The van der Waals surface area contributed by atoms with Crippen LogP contribution in [0.3, 0.4) is 0 Å². The zero-order chi connectivity index (χ0) is 13.7. The molecule has 0 spiro atoms. The van der Waals surface area contributed by atoms with Crippen molar-refractivity contribution in [3.05, 3.63) is 17.5 Å². The molecule has 5 nitrogen and oxygen atoms in total. The number of nitrogens with zero attached hydrogens (tertiary/aromatic N) is 2. The standard InChI is InChI=1S/C14H24N4O/c1-3-4-8-18(10-12-6-5-7-15-12)14(19)13-9-11(2)16-17-13/h9,12,15H,3-8,10H2,1-2H3,(H,16,17). The fraction of sp³-hybridized carbons (Fsp3) is 0.714. The number of rotatable bonds is 6. The molecule has 0 radical (unpaired) electrons. The van der Waals surface area contributed by atoms with Gasteiger partial charge in [-0.1, -0.05) is 13.3 Å². The van der Waals surface area contributed by atoms with Crippen LogP contribution in [0.2, 0.25) is 0 Å². The highest BCUT2D eigenvalue weighted by Crippen LogP contribution is 2.11. The average molecular weight is 264 g/mol. The number of aromatic amines is 1. The molecule has 5 heteroatoms. The minimum Gasteiger partial charge on any atom is -0.336 e. The lowest BCUT2D eigenvalue weighted by Crippen LogP contribution is -2.41. The fourth-order valence-corrected chi connectivity index (χ4v) is 2.49. The first-order valence-electron chi connectivity index (χ1n) is 7.25. The van der Waals surface area contributed by atoms with Crippen LogP contribution in [-0.2, 0) is 0 Å². The van der Waals surface area contributed by atoms with Crippen LogP contribution in [-0.4, -0.2) is 46.7 Å². The smallest absolute Gasteiger partial charge is 0.274 e. The van der Waals surface area contributed by atoms with Crippen LogP contribution in [0.5, 0.6) is 0 Å². The Balaban J connectivity index is 2.00. The molecular weight excluding hydrogens is 240 g/mol. The van der Waals surface area contributed by atoms with Crippen LogP contribution >= 0.6 is 0 Å². The largest absolute Gasteiger partial charge is 0.336 e. The molecule has 2 N–H and O–H groups in total. The van der Waals surface area contributed by atoms with Gasteiger partial charge in [-0.2, -0.15) is 5.10 Å². The van der Waals surface area contributed by atoms with Crippen LogP contribution in [0.15, 0.2) is 6.07 Å². The minimum absolute atomic E-state index is 0.0477. The molecule has 0 saturated carbocycles. The van der Waals surface area contributed by atoms with Crippen molar-refractivity contribution in [3.8, 4) is 0 Å². The predicted molar refractivity (Wildman–Crippen MR) is 75.2 cm³/mol. The third kappa shape index (κ3) is 3.80. The number of hydrogen-bond acceptors (Lipinski definition) is 3. The van der Waals surface area contributed by atoms with Gasteiger partial charge in [0.1, 0.15) is 5.69 Å². The summed E-state index contributed by atoms with van der Waals surface area (Å²) in [4.78, 5) is 14.4. The summed E-state index contributed by atoms with van der Waals surface area (Å²) in [5.74, 6) is 0.0477. The molecule has 19 heavy (non-hydrogen) atoms. The van der Waals surface area contributed by atoms with Crippen LogP contribution in [0.4, 0.5) is 0 Å². The maximum absolute atomic E-state index is 12.5. The van der Waals surface area contributed by atoms with E-state index in [4.69, 9.17) is 0 Å². The Morgan fingerprint density at radius 3 is 3.00 bits per heavy atom. The second-order valence-electron chi connectivity index (χ2n) is 5.33. The molecule has 1 aliphatic rings. The highest BCUT2D eigenvalue weighted by atomic mass is 16.2. The normalized spacial score (nSPS) is 18.7. The van der Waals surface area contributed by atoms with Crippen molar-refractivity contribution in [1.82, 2.24) is 20.4 Å². The van der Waals surface area contributed by atoms with Crippen molar-refractivity contribution in [2.45, 2.75) is 45.6 Å². The monoisotopic (exact) mass is 264 g/mol. The van der Waals surface area contributed by atoms with Crippen molar-refractivity contribution in [1.29, 1.82) is 0 Å². The van der Waals surface area contributed by atoms with Gasteiger partial charge in [0.25, 0.3) is 5.91 Å². The maximum atomic E-state index is 12.5. The number of aryl methyl sites for hydroxylation is 1. The summed E-state index contributed by atoms with van der Waals surface area (Å²) in [5, 5.41) is 10.4. The first-order chi connectivity index (χ1) is 9.20. The van der Waals surface area contributed by atoms with Crippen LogP contribution in [0.1, 0.15) is 48.8 Å². The number of nitrogens with one attached hydrogen (secondary N) is 2. The highest BCUT2D eigenvalue weighted by molar-refractivity contribution is 5.92. The van der Waals surface area contributed by atoms with E-state index in [0.717, 1.165) is 44.6 Å². The van der Waals surface area contributed by atoms with E-state index in [1.54, 1.807) is 0 Å². The van der Waals surface area contributed by atoms with Gasteiger partial charge in [0.2, 0.25) is 0 Å². The van der Waals surface area contributed by atoms with Gasteiger partial charge in [0, 0.05) is 24.8 Å². The Kier molecular flexibility index (Phi) is 4.96. The lowest BCUT2D eigenvalue weighted by Gasteiger charge is -2.25. The number of amides is 1. The van der Waals surface area contributed by atoms with Crippen molar-refractivity contribution < 1.29 is 4.79 Å². The predicted octanol–water partition coefficient (Wildman–Crippen LogP) is 1.71. The number of carbonyl (C=O) groups is 1. The van der Waals surface area contributed by atoms with E-state index in [-0.39, 0.29) is 5.91 Å². The van der Waals surface area contributed by atoms with E-state index in [1.807, 2.05) is 17.9 Å². The molecule has 1 fully saturated rings. The molecular formula is C14H24N4O. The minimum atomic E-state index is 0.0477. The molecule has 106 valence electrons. The van der Waals surface area contributed by atoms with Crippen molar-refractivity contribution in [2.75, 3.05) is 19.6 Å². The van der Waals surface area contributed by atoms with Gasteiger partial charge in [-0.05, 0) is 38.8 Å². The Morgan fingerprint density at radius 2 is 2.42 bits per heavy atom. The molecule has 2 rings (SSSR count). The van der Waals surface area contributed by atoms with E-state index in [2.05, 4.69) is 22.4 Å². The second-order valence-corrected chi connectivity index (χ2v) is 5.33. The van der Waals surface area contributed by atoms with Crippen molar-refractivity contribution in [2.24, 2.45) is 0 Å². The second kappa shape index (κ2) is 6.70. The van der Waals surface area contributed by atoms with E-state index < -0.39 is 0 Å². The Labute approximate surface area is 114 Å². The number of carbonyl (C=O) groups excluding carboxylic acids is 1. The molecule has 0 aromatic carbocycles. The average Bonchev–Trinajstić information content (AvgIpc) is 3.05. The van der Waals surface area contributed by atoms with Crippen molar-refractivity contribution in [3.63, 3.8) is 0 Å². The van der Waals surface area contributed by atoms with Gasteiger partial charge in [-0.3, -0.25) is 9.89 Å². The summed E-state index contributed by atoms with van der Waals surface area (Å²) in [7, 11) is 0. The summed E-state index contributed by atoms with van der Waals surface area (Å²) in [5.41, 5.74) is 1.46. The number of aromatic nitrogens is 2. The molecule has 1 saturated heterocycles. The van der Waals surface area contributed by atoms with Gasteiger partial charge >= 0.3 is 0 Å². The van der Waals surface area contributed by atoms with Crippen LogP contribution < -0.4 is 5.32 Å². The zero-order valence-corrected chi connectivity index (χ0v) is 11.9. The summed E-state index contributed by atoms with van der Waals surface area (Å²) >= 11 is 0. The molecule has 0 bridgehead atoms. The molecule has 2 heterocycles. The lowest BCUT2D eigenvalue weighted by molar-refractivity contribution is 0.0733. The van der Waals surface area contributed by atoms with Gasteiger partial charge in [0.05, 0.1) is 0 Å². The molecule has 1 aliphatic heterocycles. The molecule has 1 unspecified atom stereocenters. The Morgan fingerprint density at radius 1 is 1.58 bits per heavy atom. The first-order valence-corrected chi connectivity index (χ1v) is 7.25. The summed E-state index contributed by atoms with van der Waals surface area (Å²) in [6.07, 6.45) is 4.51. The molecule has 1 aromatic heterocycles. The third-order valence-electron chi connectivity index (χ3n) is 3.60. The number of unbranched alkanes of at least 4 members (excludes halogenated alkanes) is 1. The van der Waals surface area contributed by atoms with Crippen molar-refractivity contribution >= 4 is 5.91 Å². The Hall–Kier alpha value is -1.36. The van der Waals surface area contributed by atoms with E-state index in [1.165, 1.54) is 6.42 Å². The van der Waals surface area contributed by atoms with E-state index in [9.17, 15) is 4.79 Å². The van der Waals surface area contributed by atoms with E-state index >= 15 is 0 Å². The molecule has 1 atom stereocenters. The summed E-state index contributed by atoms with van der Waals surface area (Å²) in [6, 6.07) is 2.27. The van der Waals surface area contributed by atoms with Crippen LogP contribution in [0, 0.1) is 6.92 Å². The molecule has 0 aliphatic carbocycles. The maximum Gasteiger partial charge on any atom is 0.274 e. The molecule has 1 aromatic rings. The Bertz CT molecular complexity index is 409. The number of H-pyrrole nitrogens is 1. The van der Waals surface area contributed by atoms with Gasteiger partial charge in [-0.25, -0.2) is 0 Å². The van der Waals surface area contributed by atoms with Gasteiger partial charge in [-0.15, -0.1) is 0 Å². The number of hydrogen-bond donors (Lipinski definition) is 2.